The molecule has 27 heavy (non-hydrogen) atoms. The summed E-state index contributed by atoms with van der Waals surface area (Å²) >= 11 is 0. The molecule has 2 N–H and O–H groups in total. The van der Waals surface area contributed by atoms with Crippen LogP contribution in [0.2, 0.25) is 0 Å². The predicted octanol–water partition coefficient (Wildman–Crippen LogP) is 4.18. The molecule has 3 aliphatic rings. The van der Waals surface area contributed by atoms with Gasteiger partial charge < -0.3 is 10.6 Å². The third kappa shape index (κ3) is 4.65. The van der Waals surface area contributed by atoms with Crippen LogP contribution < -0.4 is 5.73 Å². The van der Waals surface area contributed by atoms with E-state index in [9.17, 15) is 9.18 Å². The van der Waals surface area contributed by atoms with E-state index in [0.717, 1.165) is 50.8 Å². The lowest BCUT2D eigenvalue weighted by atomic mass is 9.65. The lowest BCUT2D eigenvalue weighted by molar-refractivity contribution is -0.140. The highest BCUT2D eigenvalue weighted by Gasteiger charge is 2.41. The number of rotatable bonds is 3. The minimum atomic E-state index is -0.156. The fraction of sp³-hybridized carbons (Fsp3) is 0.682. The molecule has 2 saturated carbocycles. The minimum Gasteiger partial charge on any atom is -0.342 e. The molecule has 1 heterocycles. The van der Waals surface area contributed by atoms with E-state index in [1.54, 1.807) is 12.1 Å². The first kappa shape index (κ1) is 20.6. The van der Waals surface area contributed by atoms with Crippen molar-refractivity contribution < 1.29 is 9.18 Å². The van der Waals surface area contributed by atoms with E-state index in [4.69, 9.17) is 5.73 Å². The standard InChI is InChI=1S/C22H31FN2O.ClH/c23-20-6-1-3-16(12-20)11-15-7-9-25(10-8-15)22(26)19-13-17-4-2-5-18(14-19)21(17)24;/h1,3,6,12,15,17-19,21H,2,4-5,7-11,13-14,24H2;1H. The highest BCUT2D eigenvalue weighted by atomic mass is 35.5. The number of nitrogens with two attached hydrogens (primary N) is 1. The van der Waals surface area contributed by atoms with Gasteiger partial charge in [-0.15, -0.1) is 12.4 Å². The van der Waals surface area contributed by atoms with Gasteiger partial charge >= 0.3 is 0 Å². The maximum Gasteiger partial charge on any atom is 0.225 e. The highest BCUT2D eigenvalue weighted by molar-refractivity contribution is 5.85. The summed E-state index contributed by atoms with van der Waals surface area (Å²) in [7, 11) is 0. The normalized spacial score (nSPS) is 31.3. The molecule has 1 aliphatic heterocycles. The largest absolute Gasteiger partial charge is 0.342 e. The molecule has 5 heteroatoms. The molecule has 1 aromatic rings. The fourth-order valence-electron chi connectivity index (χ4n) is 5.60. The van der Waals surface area contributed by atoms with Crippen LogP contribution in [0.15, 0.2) is 24.3 Å². The van der Waals surface area contributed by atoms with Gasteiger partial charge in [0.15, 0.2) is 0 Å². The number of benzene rings is 1. The molecule has 0 radical (unpaired) electrons. The van der Waals surface area contributed by atoms with Gasteiger partial charge in [0.2, 0.25) is 5.91 Å². The van der Waals surface area contributed by atoms with Crippen molar-refractivity contribution in [3.63, 3.8) is 0 Å². The molecular formula is C22H32ClFN2O. The van der Waals surface area contributed by atoms with E-state index in [2.05, 4.69) is 4.90 Å². The fourth-order valence-corrected chi connectivity index (χ4v) is 5.60. The zero-order chi connectivity index (χ0) is 18.1. The Labute approximate surface area is 168 Å². The molecule has 2 atom stereocenters. The second-order valence-electron chi connectivity index (χ2n) is 8.80. The summed E-state index contributed by atoms with van der Waals surface area (Å²) in [5, 5.41) is 0. The van der Waals surface area contributed by atoms with Gasteiger partial charge in [-0.2, -0.15) is 0 Å². The predicted molar refractivity (Wildman–Crippen MR) is 108 cm³/mol. The van der Waals surface area contributed by atoms with Gasteiger partial charge in [-0.25, -0.2) is 4.39 Å². The first-order valence-corrected chi connectivity index (χ1v) is 10.4. The lowest BCUT2D eigenvalue weighted by Crippen LogP contribution is -2.50. The summed E-state index contributed by atoms with van der Waals surface area (Å²) < 4.78 is 13.4. The number of nitrogens with zero attached hydrogens (tertiary/aromatic N) is 1. The second-order valence-corrected chi connectivity index (χ2v) is 8.80. The molecule has 4 rings (SSSR count). The van der Waals surface area contributed by atoms with Gasteiger partial charge in [-0.1, -0.05) is 18.6 Å². The first-order chi connectivity index (χ1) is 12.6. The smallest absolute Gasteiger partial charge is 0.225 e. The Morgan fingerprint density at radius 2 is 1.78 bits per heavy atom. The maximum absolute atomic E-state index is 13.4. The molecule has 2 aliphatic carbocycles. The quantitative estimate of drug-likeness (QED) is 0.835. The van der Waals surface area contributed by atoms with Crippen molar-refractivity contribution in [3.05, 3.63) is 35.6 Å². The van der Waals surface area contributed by atoms with Crippen LogP contribution in [0, 0.1) is 29.5 Å². The van der Waals surface area contributed by atoms with Crippen molar-refractivity contribution in [2.75, 3.05) is 13.1 Å². The molecule has 2 unspecified atom stereocenters. The SMILES string of the molecule is Cl.NC1C2CCCC1CC(C(=O)N1CCC(Cc3cccc(F)c3)CC1)C2. The summed E-state index contributed by atoms with van der Waals surface area (Å²) in [6.45, 7) is 1.72. The molecule has 150 valence electrons. The van der Waals surface area contributed by atoms with Crippen LogP contribution in [0.4, 0.5) is 4.39 Å². The number of fused-ring (bicyclic) bond motifs is 2. The summed E-state index contributed by atoms with van der Waals surface area (Å²) in [4.78, 5) is 15.1. The Balaban J connectivity index is 0.00000210. The molecule has 3 nitrogen and oxygen atoms in total. The number of carbonyl (C=O) groups excluding carboxylic acids is 1. The average molecular weight is 395 g/mol. The van der Waals surface area contributed by atoms with Crippen molar-refractivity contribution in [1.29, 1.82) is 0 Å². The van der Waals surface area contributed by atoms with Crippen LogP contribution in [0.3, 0.4) is 0 Å². The van der Waals surface area contributed by atoms with Crippen molar-refractivity contribution in [3.8, 4) is 0 Å². The Morgan fingerprint density at radius 1 is 1.11 bits per heavy atom. The third-order valence-corrected chi connectivity index (χ3v) is 7.10. The Bertz CT molecular complexity index is 633. The number of likely N-dealkylation sites (tertiary alicyclic amines) is 1. The summed E-state index contributed by atoms with van der Waals surface area (Å²) in [5.41, 5.74) is 7.45. The summed E-state index contributed by atoms with van der Waals surface area (Å²) in [6.07, 6.45) is 8.67. The van der Waals surface area contributed by atoms with Crippen LogP contribution in [0.5, 0.6) is 0 Å². The number of hydrogen-bond acceptors (Lipinski definition) is 2. The Kier molecular flexibility index (Phi) is 6.80. The minimum absolute atomic E-state index is 0. The molecule has 2 bridgehead atoms. The van der Waals surface area contributed by atoms with Gasteiger partial charge in [0.1, 0.15) is 5.82 Å². The number of carbonyl (C=O) groups is 1. The number of piperidine rings is 1. The van der Waals surface area contributed by atoms with Crippen LogP contribution in [0.1, 0.15) is 50.5 Å². The van der Waals surface area contributed by atoms with Crippen LogP contribution in [0.25, 0.3) is 0 Å². The second kappa shape index (κ2) is 8.91. The topological polar surface area (TPSA) is 46.3 Å². The summed E-state index contributed by atoms with van der Waals surface area (Å²) in [5.74, 6) is 2.09. The molecule has 1 aromatic carbocycles. The third-order valence-electron chi connectivity index (χ3n) is 7.10. The maximum atomic E-state index is 13.4. The average Bonchev–Trinajstić information content (AvgIpc) is 2.62. The van der Waals surface area contributed by atoms with Crippen molar-refractivity contribution in [2.45, 2.75) is 57.4 Å². The van der Waals surface area contributed by atoms with Crippen molar-refractivity contribution in [1.82, 2.24) is 4.90 Å². The van der Waals surface area contributed by atoms with E-state index >= 15 is 0 Å². The van der Waals surface area contributed by atoms with Gasteiger partial charge in [-0.05, 0) is 80.4 Å². The molecule has 0 spiro atoms. The van der Waals surface area contributed by atoms with Gasteiger partial charge in [0.25, 0.3) is 0 Å². The van der Waals surface area contributed by atoms with E-state index in [1.807, 2.05) is 6.07 Å². The zero-order valence-electron chi connectivity index (χ0n) is 16.0. The van der Waals surface area contributed by atoms with Crippen molar-refractivity contribution in [2.24, 2.45) is 29.4 Å². The van der Waals surface area contributed by atoms with Gasteiger partial charge in [0.05, 0.1) is 0 Å². The van der Waals surface area contributed by atoms with Gasteiger partial charge in [-0.3, -0.25) is 4.79 Å². The molecule has 0 aromatic heterocycles. The van der Waals surface area contributed by atoms with E-state index < -0.39 is 0 Å². The van der Waals surface area contributed by atoms with E-state index in [-0.39, 0.29) is 24.1 Å². The van der Waals surface area contributed by atoms with Crippen molar-refractivity contribution >= 4 is 18.3 Å². The van der Waals surface area contributed by atoms with Crippen LogP contribution >= 0.6 is 12.4 Å². The van der Waals surface area contributed by atoms with Crippen LogP contribution in [-0.2, 0) is 11.2 Å². The monoisotopic (exact) mass is 394 g/mol. The molecule has 1 saturated heterocycles. The molecule has 1 amide bonds. The zero-order valence-corrected chi connectivity index (χ0v) is 16.8. The highest BCUT2D eigenvalue weighted by Crippen LogP contribution is 2.42. The van der Waals surface area contributed by atoms with E-state index in [0.29, 0.717) is 29.7 Å². The number of amides is 1. The number of halogens is 2. The number of hydrogen-bond donors (Lipinski definition) is 1. The van der Waals surface area contributed by atoms with Gasteiger partial charge in [0, 0.05) is 25.0 Å². The summed E-state index contributed by atoms with van der Waals surface area (Å²) in [6, 6.07) is 7.25. The Hall–Kier alpha value is -1.13. The Morgan fingerprint density at radius 3 is 2.41 bits per heavy atom. The van der Waals surface area contributed by atoms with E-state index in [1.165, 1.54) is 25.3 Å². The molecular weight excluding hydrogens is 363 g/mol. The van der Waals surface area contributed by atoms with Crippen LogP contribution in [-0.4, -0.2) is 29.9 Å². The lowest BCUT2D eigenvalue weighted by Gasteiger charge is -2.45. The first-order valence-electron chi connectivity index (χ1n) is 10.4. The molecule has 3 fully saturated rings.